The fraction of sp³-hybridized carbons (Fsp3) is 0.200. The Kier molecular flexibility index (Phi) is 4.08. The van der Waals surface area contributed by atoms with Crippen molar-refractivity contribution in [1.29, 1.82) is 0 Å². The van der Waals surface area contributed by atoms with E-state index in [1.54, 1.807) is 13.0 Å². The lowest BCUT2D eigenvalue weighted by Gasteiger charge is -2.07. The van der Waals surface area contributed by atoms with Crippen LogP contribution in [-0.4, -0.2) is 20.9 Å². The number of pyridine rings is 1. The Morgan fingerprint density at radius 2 is 1.88 bits per heavy atom. The molecule has 1 aliphatic carbocycles. The molecular weight excluding hydrogens is 328 g/mol. The third kappa shape index (κ3) is 3.54. The van der Waals surface area contributed by atoms with Gasteiger partial charge >= 0.3 is 0 Å². The van der Waals surface area contributed by atoms with E-state index in [1.807, 2.05) is 36.5 Å². The van der Waals surface area contributed by atoms with Crippen LogP contribution in [0.1, 0.15) is 40.5 Å². The molecule has 1 saturated carbocycles. The zero-order chi connectivity index (χ0) is 18.1. The number of amides is 1. The van der Waals surface area contributed by atoms with Gasteiger partial charge in [0, 0.05) is 23.5 Å². The lowest BCUT2D eigenvalue weighted by Crippen LogP contribution is -2.14. The van der Waals surface area contributed by atoms with Gasteiger partial charge in [-0.3, -0.25) is 4.79 Å². The Bertz CT molecular complexity index is 949. The van der Waals surface area contributed by atoms with Gasteiger partial charge in [0.1, 0.15) is 11.4 Å². The lowest BCUT2D eigenvalue weighted by atomic mass is 10.2. The minimum absolute atomic E-state index is 0.202. The number of carbonyl (C=O) groups excluding carboxylic acids is 1. The molecule has 0 saturated heterocycles. The molecule has 26 heavy (non-hydrogen) atoms. The summed E-state index contributed by atoms with van der Waals surface area (Å²) in [5.41, 5.74) is 8.25. The molecule has 0 aliphatic heterocycles. The van der Waals surface area contributed by atoms with Gasteiger partial charge in [-0.1, -0.05) is 6.07 Å². The van der Waals surface area contributed by atoms with Gasteiger partial charge in [-0.15, -0.1) is 0 Å². The Morgan fingerprint density at radius 3 is 2.50 bits per heavy atom. The number of aryl methyl sites for hydroxylation is 1. The van der Waals surface area contributed by atoms with Crippen LogP contribution in [-0.2, 0) is 0 Å². The highest BCUT2D eigenvalue weighted by molar-refractivity contribution is 5.91. The van der Waals surface area contributed by atoms with Crippen molar-refractivity contribution in [2.75, 3.05) is 0 Å². The Labute approximate surface area is 151 Å². The molecule has 6 nitrogen and oxygen atoms in total. The predicted molar refractivity (Wildman–Crippen MR) is 97.0 cm³/mol. The second-order valence-electron chi connectivity index (χ2n) is 6.41. The first-order valence-electron chi connectivity index (χ1n) is 8.48. The number of benzene rings is 1. The molecule has 1 aliphatic rings. The number of primary amides is 1. The molecule has 4 rings (SSSR count). The van der Waals surface area contributed by atoms with Crippen LogP contribution < -0.4 is 10.5 Å². The first-order chi connectivity index (χ1) is 12.6. The van der Waals surface area contributed by atoms with Crippen LogP contribution in [0.25, 0.3) is 11.4 Å². The van der Waals surface area contributed by atoms with Gasteiger partial charge in [-0.2, -0.15) is 0 Å². The maximum Gasteiger partial charge on any atom is 0.267 e. The molecule has 1 aromatic carbocycles. The SMILES string of the molecule is Cc1cc(C(N)=O)nc(-c2ccc(Oc3ccc(C4CC4)cn3)cc2)n1. The van der Waals surface area contributed by atoms with E-state index in [0.29, 0.717) is 29.1 Å². The summed E-state index contributed by atoms with van der Waals surface area (Å²) >= 11 is 0. The molecule has 0 atom stereocenters. The Balaban J connectivity index is 1.52. The zero-order valence-corrected chi connectivity index (χ0v) is 14.3. The van der Waals surface area contributed by atoms with Crippen LogP contribution >= 0.6 is 0 Å². The molecule has 0 spiro atoms. The van der Waals surface area contributed by atoms with Crippen LogP contribution in [0.15, 0.2) is 48.7 Å². The van der Waals surface area contributed by atoms with E-state index in [2.05, 4.69) is 21.0 Å². The van der Waals surface area contributed by atoms with Gasteiger partial charge < -0.3 is 10.5 Å². The van der Waals surface area contributed by atoms with Crippen molar-refractivity contribution in [3.63, 3.8) is 0 Å². The van der Waals surface area contributed by atoms with E-state index in [-0.39, 0.29) is 5.69 Å². The fourth-order valence-corrected chi connectivity index (χ4v) is 2.73. The van der Waals surface area contributed by atoms with Crippen LogP contribution in [0, 0.1) is 6.92 Å². The van der Waals surface area contributed by atoms with Gasteiger partial charge in [-0.05, 0) is 61.6 Å². The summed E-state index contributed by atoms with van der Waals surface area (Å²) in [6, 6.07) is 12.9. The summed E-state index contributed by atoms with van der Waals surface area (Å²) in [6.07, 6.45) is 4.39. The van der Waals surface area contributed by atoms with E-state index >= 15 is 0 Å². The van der Waals surface area contributed by atoms with Gasteiger partial charge in [0.05, 0.1) is 0 Å². The summed E-state index contributed by atoms with van der Waals surface area (Å²) < 4.78 is 5.78. The maximum atomic E-state index is 11.4. The van der Waals surface area contributed by atoms with E-state index in [9.17, 15) is 4.79 Å². The van der Waals surface area contributed by atoms with Crippen LogP contribution in [0.4, 0.5) is 0 Å². The topological polar surface area (TPSA) is 91.0 Å². The number of carbonyl (C=O) groups is 1. The molecule has 3 aromatic rings. The monoisotopic (exact) mass is 346 g/mol. The highest BCUT2D eigenvalue weighted by atomic mass is 16.5. The first kappa shape index (κ1) is 16.2. The molecule has 2 heterocycles. The predicted octanol–water partition coefficient (Wildman–Crippen LogP) is 3.62. The van der Waals surface area contributed by atoms with Crippen molar-refractivity contribution in [3.8, 4) is 23.0 Å². The number of hydrogen-bond acceptors (Lipinski definition) is 5. The Morgan fingerprint density at radius 1 is 1.12 bits per heavy atom. The standard InChI is InChI=1S/C20H18N4O2/c1-12-10-17(19(21)25)24-20(23-12)14-4-7-16(8-5-14)26-18-9-6-15(11-22-18)13-2-3-13/h4-11,13H,2-3H2,1H3,(H2,21,25). The summed E-state index contributed by atoms with van der Waals surface area (Å²) in [4.78, 5) is 24.3. The van der Waals surface area contributed by atoms with Gasteiger partial charge in [0.2, 0.25) is 5.88 Å². The van der Waals surface area contributed by atoms with Gasteiger partial charge in [0.25, 0.3) is 5.91 Å². The van der Waals surface area contributed by atoms with Crippen molar-refractivity contribution >= 4 is 5.91 Å². The molecular formula is C20H18N4O2. The second kappa shape index (κ2) is 6.55. The van der Waals surface area contributed by atoms with Gasteiger partial charge in [0.15, 0.2) is 5.82 Å². The van der Waals surface area contributed by atoms with Crippen molar-refractivity contribution < 1.29 is 9.53 Å². The smallest absolute Gasteiger partial charge is 0.267 e. The summed E-state index contributed by atoms with van der Waals surface area (Å²) in [7, 11) is 0. The Hall–Kier alpha value is -3.28. The van der Waals surface area contributed by atoms with Crippen LogP contribution in [0.3, 0.4) is 0 Å². The highest BCUT2D eigenvalue weighted by Crippen LogP contribution is 2.40. The van der Waals surface area contributed by atoms with E-state index in [0.717, 1.165) is 5.56 Å². The number of aromatic nitrogens is 3. The minimum Gasteiger partial charge on any atom is -0.439 e. The summed E-state index contributed by atoms with van der Waals surface area (Å²) in [5.74, 6) is 1.79. The summed E-state index contributed by atoms with van der Waals surface area (Å²) in [5, 5.41) is 0. The number of nitrogens with zero attached hydrogens (tertiary/aromatic N) is 3. The molecule has 1 amide bonds. The lowest BCUT2D eigenvalue weighted by molar-refractivity contribution is 0.0995. The minimum atomic E-state index is -0.572. The molecule has 130 valence electrons. The maximum absolute atomic E-state index is 11.4. The highest BCUT2D eigenvalue weighted by Gasteiger charge is 2.23. The largest absolute Gasteiger partial charge is 0.439 e. The average Bonchev–Trinajstić information content (AvgIpc) is 3.48. The molecule has 6 heteroatoms. The normalized spacial score (nSPS) is 13.4. The third-order valence-corrected chi connectivity index (χ3v) is 4.25. The quantitative estimate of drug-likeness (QED) is 0.762. The number of hydrogen-bond donors (Lipinski definition) is 1. The molecule has 2 aromatic heterocycles. The van der Waals surface area contributed by atoms with Crippen LogP contribution in [0.2, 0.25) is 0 Å². The molecule has 1 fully saturated rings. The van der Waals surface area contributed by atoms with E-state index in [1.165, 1.54) is 18.4 Å². The average molecular weight is 346 g/mol. The second-order valence-corrected chi connectivity index (χ2v) is 6.41. The molecule has 0 bridgehead atoms. The van der Waals surface area contributed by atoms with E-state index < -0.39 is 5.91 Å². The fourth-order valence-electron chi connectivity index (χ4n) is 2.73. The van der Waals surface area contributed by atoms with Crippen molar-refractivity contribution in [1.82, 2.24) is 15.0 Å². The first-order valence-corrected chi connectivity index (χ1v) is 8.48. The molecule has 2 N–H and O–H groups in total. The van der Waals surface area contributed by atoms with Crippen molar-refractivity contribution in [3.05, 3.63) is 65.6 Å². The van der Waals surface area contributed by atoms with Crippen molar-refractivity contribution in [2.24, 2.45) is 5.73 Å². The van der Waals surface area contributed by atoms with E-state index in [4.69, 9.17) is 10.5 Å². The molecule has 0 unspecified atom stereocenters. The molecule has 0 radical (unpaired) electrons. The third-order valence-electron chi connectivity index (χ3n) is 4.25. The number of ether oxygens (including phenoxy) is 1. The number of rotatable bonds is 5. The number of nitrogens with two attached hydrogens (primary N) is 1. The van der Waals surface area contributed by atoms with Crippen molar-refractivity contribution in [2.45, 2.75) is 25.7 Å². The zero-order valence-electron chi connectivity index (χ0n) is 14.3. The summed E-state index contributed by atoms with van der Waals surface area (Å²) in [6.45, 7) is 1.80. The van der Waals surface area contributed by atoms with Crippen LogP contribution in [0.5, 0.6) is 11.6 Å². The van der Waals surface area contributed by atoms with Gasteiger partial charge in [-0.25, -0.2) is 15.0 Å².